The Morgan fingerprint density at radius 1 is 1.33 bits per heavy atom. The van der Waals surface area contributed by atoms with Gasteiger partial charge in [0.15, 0.2) is 0 Å². The molecule has 0 aromatic carbocycles. The van der Waals surface area contributed by atoms with Crippen LogP contribution in [0.3, 0.4) is 0 Å². The van der Waals surface area contributed by atoms with Gasteiger partial charge in [-0.15, -0.1) is 0 Å². The summed E-state index contributed by atoms with van der Waals surface area (Å²) in [7, 11) is 0. The molecule has 1 aliphatic heterocycles. The fraction of sp³-hybridized carbons (Fsp3) is 1.00. The molecule has 2 aliphatic rings. The summed E-state index contributed by atoms with van der Waals surface area (Å²) in [5.74, 6) is 1.69. The Kier molecular flexibility index (Phi) is 4.68. The van der Waals surface area contributed by atoms with Gasteiger partial charge < -0.3 is 15.3 Å². The molecule has 0 radical (unpaired) electrons. The van der Waals surface area contributed by atoms with Crippen molar-refractivity contribution in [2.24, 2.45) is 11.8 Å². The Balaban J connectivity index is 1.72. The third-order valence-corrected chi connectivity index (χ3v) is 4.71. The number of nitrogens with one attached hydrogen (secondary N) is 1. The summed E-state index contributed by atoms with van der Waals surface area (Å²) >= 11 is 0. The van der Waals surface area contributed by atoms with Crippen LogP contribution in [-0.2, 0) is 0 Å². The summed E-state index contributed by atoms with van der Waals surface area (Å²) in [4.78, 5) is 2.58. The van der Waals surface area contributed by atoms with Crippen molar-refractivity contribution >= 4 is 0 Å². The van der Waals surface area contributed by atoms with Crippen molar-refractivity contribution in [2.75, 3.05) is 26.2 Å². The number of aliphatic hydroxyl groups excluding tert-OH is 1. The molecular formula is C15H30N2O. The zero-order valence-electron chi connectivity index (χ0n) is 12.3. The van der Waals surface area contributed by atoms with Crippen LogP contribution < -0.4 is 5.32 Å². The van der Waals surface area contributed by atoms with Crippen molar-refractivity contribution in [3.63, 3.8) is 0 Å². The topological polar surface area (TPSA) is 35.5 Å². The summed E-state index contributed by atoms with van der Waals surface area (Å²) in [6.45, 7) is 10.7. The first kappa shape index (κ1) is 14.3. The summed E-state index contributed by atoms with van der Waals surface area (Å²) in [6.07, 6.45) is 4.98. The molecule has 2 fully saturated rings. The molecule has 3 heteroatoms. The first-order chi connectivity index (χ1) is 8.52. The second-order valence-electron chi connectivity index (χ2n) is 6.98. The smallest absolute Gasteiger partial charge is 0.0611 e. The van der Waals surface area contributed by atoms with Gasteiger partial charge in [-0.25, -0.2) is 0 Å². The number of rotatable bonds is 7. The lowest BCUT2D eigenvalue weighted by Crippen LogP contribution is -2.49. The Labute approximate surface area is 112 Å². The average molecular weight is 254 g/mol. The van der Waals surface area contributed by atoms with Crippen molar-refractivity contribution in [3.05, 3.63) is 0 Å². The third-order valence-electron chi connectivity index (χ3n) is 4.71. The van der Waals surface area contributed by atoms with E-state index in [0.717, 1.165) is 24.8 Å². The first-order valence-electron chi connectivity index (χ1n) is 7.63. The van der Waals surface area contributed by atoms with Gasteiger partial charge in [-0.2, -0.15) is 0 Å². The predicted molar refractivity (Wildman–Crippen MR) is 75.7 cm³/mol. The van der Waals surface area contributed by atoms with E-state index < -0.39 is 0 Å². The van der Waals surface area contributed by atoms with Crippen molar-refractivity contribution in [1.29, 1.82) is 0 Å². The van der Waals surface area contributed by atoms with Gasteiger partial charge in [0, 0.05) is 18.1 Å². The molecule has 0 spiro atoms. The predicted octanol–water partition coefficient (Wildman–Crippen LogP) is 1.86. The highest BCUT2D eigenvalue weighted by Crippen LogP contribution is 2.26. The van der Waals surface area contributed by atoms with E-state index in [9.17, 15) is 5.11 Å². The molecule has 0 aromatic heterocycles. The van der Waals surface area contributed by atoms with E-state index >= 15 is 0 Å². The maximum absolute atomic E-state index is 9.60. The number of hydrogen-bond acceptors (Lipinski definition) is 3. The minimum Gasteiger partial charge on any atom is -0.394 e. The van der Waals surface area contributed by atoms with Crippen LogP contribution in [0.25, 0.3) is 0 Å². The molecule has 2 atom stereocenters. The summed E-state index contributed by atoms with van der Waals surface area (Å²) in [5, 5.41) is 13.2. The molecule has 1 saturated carbocycles. The van der Waals surface area contributed by atoms with Gasteiger partial charge in [0.05, 0.1) is 6.61 Å². The van der Waals surface area contributed by atoms with Crippen molar-refractivity contribution < 1.29 is 5.11 Å². The molecular weight excluding hydrogens is 224 g/mol. The van der Waals surface area contributed by atoms with E-state index in [0.29, 0.717) is 6.04 Å². The van der Waals surface area contributed by atoms with Crippen LogP contribution in [0.2, 0.25) is 0 Å². The molecule has 0 aromatic rings. The zero-order chi connectivity index (χ0) is 13.2. The fourth-order valence-electron chi connectivity index (χ4n) is 2.93. The highest BCUT2D eigenvalue weighted by molar-refractivity contribution is 4.93. The van der Waals surface area contributed by atoms with E-state index in [1.807, 2.05) is 0 Å². The van der Waals surface area contributed by atoms with E-state index in [-0.39, 0.29) is 12.1 Å². The number of hydrogen-bond donors (Lipinski definition) is 2. The summed E-state index contributed by atoms with van der Waals surface area (Å²) in [5.41, 5.74) is -0.0723. The third kappa shape index (κ3) is 3.94. The average Bonchev–Trinajstić information content (AvgIpc) is 3.00. The van der Waals surface area contributed by atoms with Gasteiger partial charge in [0.25, 0.3) is 0 Å². The van der Waals surface area contributed by atoms with E-state index in [4.69, 9.17) is 0 Å². The molecule has 18 heavy (non-hydrogen) atoms. The van der Waals surface area contributed by atoms with E-state index in [2.05, 4.69) is 31.0 Å². The van der Waals surface area contributed by atoms with Gasteiger partial charge >= 0.3 is 0 Å². The molecule has 2 N–H and O–H groups in total. The lowest BCUT2D eigenvalue weighted by Gasteiger charge is -2.31. The molecule has 2 unspecified atom stereocenters. The SMILES string of the molecule is CC(C)C1CCN(CCC(C)(CO)NC2CC2)C1. The quantitative estimate of drug-likeness (QED) is 0.728. The van der Waals surface area contributed by atoms with Crippen LogP contribution in [0.4, 0.5) is 0 Å². The molecule has 3 nitrogen and oxygen atoms in total. The number of likely N-dealkylation sites (tertiary alicyclic amines) is 1. The summed E-state index contributed by atoms with van der Waals surface area (Å²) in [6, 6.07) is 0.671. The normalized spacial score (nSPS) is 28.8. The minimum absolute atomic E-state index is 0.0723. The van der Waals surface area contributed by atoms with Gasteiger partial charge in [-0.1, -0.05) is 13.8 Å². The number of aliphatic hydroxyl groups is 1. The van der Waals surface area contributed by atoms with Crippen LogP contribution in [0.1, 0.15) is 46.5 Å². The molecule has 2 rings (SSSR count). The van der Waals surface area contributed by atoms with Crippen LogP contribution in [0.15, 0.2) is 0 Å². The standard InChI is InChI=1S/C15H30N2O/c1-12(2)13-6-8-17(10-13)9-7-15(3,11-18)16-14-4-5-14/h12-14,16,18H,4-11H2,1-3H3. The fourth-order valence-corrected chi connectivity index (χ4v) is 2.93. The van der Waals surface area contributed by atoms with Gasteiger partial charge in [-0.05, 0) is 57.5 Å². The monoisotopic (exact) mass is 254 g/mol. The summed E-state index contributed by atoms with van der Waals surface area (Å²) < 4.78 is 0. The van der Waals surface area contributed by atoms with Gasteiger partial charge in [0.1, 0.15) is 0 Å². The highest BCUT2D eigenvalue weighted by Gasteiger charge is 2.33. The number of nitrogens with zero attached hydrogens (tertiary/aromatic N) is 1. The van der Waals surface area contributed by atoms with Gasteiger partial charge in [-0.3, -0.25) is 0 Å². The second-order valence-corrected chi connectivity index (χ2v) is 6.98. The Morgan fingerprint density at radius 2 is 2.06 bits per heavy atom. The second kappa shape index (κ2) is 5.89. The van der Waals surface area contributed by atoms with Crippen LogP contribution in [0.5, 0.6) is 0 Å². The van der Waals surface area contributed by atoms with Crippen LogP contribution in [-0.4, -0.2) is 47.8 Å². The lowest BCUT2D eigenvalue weighted by atomic mass is 9.95. The Morgan fingerprint density at radius 3 is 2.56 bits per heavy atom. The molecule has 0 amide bonds. The van der Waals surface area contributed by atoms with Crippen molar-refractivity contribution in [1.82, 2.24) is 10.2 Å². The maximum Gasteiger partial charge on any atom is 0.0611 e. The molecule has 1 aliphatic carbocycles. The Bertz CT molecular complexity index is 265. The highest BCUT2D eigenvalue weighted by atomic mass is 16.3. The minimum atomic E-state index is -0.0723. The van der Waals surface area contributed by atoms with Crippen LogP contribution in [0, 0.1) is 11.8 Å². The van der Waals surface area contributed by atoms with Crippen LogP contribution >= 0.6 is 0 Å². The molecule has 1 heterocycles. The Hall–Kier alpha value is -0.120. The van der Waals surface area contributed by atoms with E-state index in [1.54, 1.807) is 0 Å². The lowest BCUT2D eigenvalue weighted by molar-refractivity contribution is 0.148. The molecule has 0 bridgehead atoms. The van der Waals surface area contributed by atoms with Crippen molar-refractivity contribution in [3.8, 4) is 0 Å². The molecule has 106 valence electrons. The zero-order valence-corrected chi connectivity index (χ0v) is 12.3. The van der Waals surface area contributed by atoms with Crippen molar-refractivity contribution in [2.45, 2.75) is 58.0 Å². The first-order valence-corrected chi connectivity index (χ1v) is 7.63. The van der Waals surface area contributed by atoms with Gasteiger partial charge in [0.2, 0.25) is 0 Å². The maximum atomic E-state index is 9.60. The largest absolute Gasteiger partial charge is 0.394 e. The molecule has 1 saturated heterocycles. The van der Waals surface area contributed by atoms with E-state index in [1.165, 1.54) is 32.4 Å².